The highest BCUT2D eigenvalue weighted by Gasteiger charge is 2.20. The number of nitrogens with zero attached hydrogens (tertiary/aromatic N) is 1. The molecule has 1 aromatic rings. The number of aromatic carboxylic acids is 1. The molecule has 0 aliphatic carbocycles. The zero-order valence-corrected chi connectivity index (χ0v) is 11.5. The predicted molar refractivity (Wildman–Crippen MR) is 71.2 cm³/mol. The molecule has 1 aromatic carbocycles. The van der Waals surface area contributed by atoms with Crippen molar-refractivity contribution >= 4 is 38.4 Å². The summed E-state index contributed by atoms with van der Waals surface area (Å²) in [7, 11) is -0.755. The summed E-state index contributed by atoms with van der Waals surface area (Å²) in [5.74, 6) is 0.276. The number of carboxylic acids is 1. The molecule has 1 fully saturated rings. The van der Waals surface area contributed by atoms with Crippen LogP contribution in [0.15, 0.2) is 22.7 Å². The average Bonchev–Trinajstić information content (AvgIpc) is 2.30. The predicted octanol–water partition coefficient (Wildman–Crippen LogP) is 1.72. The first-order chi connectivity index (χ1) is 8.08. The van der Waals surface area contributed by atoms with Gasteiger partial charge >= 0.3 is 5.97 Å². The zero-order chi connectivity index (χ0) is 12.4. The second-order valence-electron chi connectivity index (χ2n) is 3.80. The monoisotopic (exact) mass is 317 g/mol. The maximum atomic E-state index is 11.3. The van der Waals surface area contributed by atoms with Gasteiger partial charge in [0.05, 0.1) is 11.3 Å². The summed E-state index contributed by atoms with van der Waals surface area (Å²) in [6, 6.07) is 5.22. The third-order valence-corrected chi connectivity index (χ3v) is 4.48. The fourth-order valence-corrected chi connectivity index (χ4v) is 3.25. The fourth-order valence-electron chi connectivity index (χ4n) is 1.83. The van der Waals surface area contributed by atoms with Crippen LogP contribution >= 0.6 is 15.9 Å². The van der Waals surface area contributed by atoms with Crippen molar-refractivity contribution in [2.24, 2.45) is 0 Å². The van der Waals surface area contributed by atoms with Gasteiger partial charge in [0.25, 0.3) is 0 Å². The molecule has 6 heteroatoms. The third kappa shape index (κ3) is 2.87. The summed E-state index contributed by atoms with van der Waals surface area (Å²) in [5.41, 5.74) is 0.990. The number of benzene rings is 1. The molecular formula is C11H12BrNO3S. The van der Waals surface area contributed by atoms with Crippen LogP contribution < -0.4 is 4.90 Å². The molecule has 0 amide bonds. The molecule has 4 nitrogen and oxygen atoms in total. The minimum absolute atomic E-state index is 0.284. The van der Waals surface area contributed by atoms with Crippen LogP contribution in [0.2, 0.25) is 0 Å². The van der Waals surface area contributed by atoms with Crippen molar-refractivity contribution in [2.45, 2.75) is 0 Å². The van der Waals surface area contributed by atoms with Gasteiger partial charge in [0.15, 0.2) is 0 Å². The Balaban J connectivity index is 2.31. The molecule has 17 heavy (non-hydrogen) atoms. The minimum atomic E-state index is -0.937. The van der Waals surface area contributed by atoms with Crippen molar-refractivity contribution in [3.63, 3.8) is 0 Å². The van der Waals surface area contributed by atoms with Gasteiger partial charge in [-0.05, 0) is 18.2 Å². The van der Waals surface area contributed by atoms with Crippen LogP contribution in [0.3, 0.4) is 0 Å². The number of hydrogen-bond acceptors (Lipinski definition) is 3. The lowest BCUT2D eigenvalue weighted by atomic mass is 10.1. The van der Waals surface area contributed by atoms with Crippen molar-refractivity contribution in [1.29, 1.82) is 0 Å². The summed E-state index contributed by atoms with van der Waals surface area (Å²) in [5, 5.41) is 9.17. The Morgan fingerprint density at radius 1 is 1.35 bits per heavy atom. The molecule has 2 rings (SSSR count). The van der Waals surface area contributed by atoms with E-state index in [0.717, 1.165) is 4.47 Å². The molecule has 0 spiro atoms. The van der Waals surface area contributed by atoms with Crippen molar-refractivity contribution in [3.8, 4) is 0 Å². The lowest BCUT2D eigenvalue weighted by Crippen LogP contribution is -2.38. The average molecular weight is 318 g/mol. The highest BCUT2D eigenvalue weighted by atomic mass is 79.9. The number of carbonyl (C=O) groups is 1. The molecule has 0 atom stereocenters. The van der Waals surface area contributed by atoms with Gasteiger partial charge in [0.1, 0.15) is 0 Å². The van der Waals surface area contributed by atoms with Crippen molar-refractivity contribution < 1.29 is 14.1 Å². The van der Waals surface area contributed by atoms with Gasteiger partial charge in [0, 0.05) is 39.9 Å². The molecule has 1 aliphatic heterocycles. The van der Waals surface area contributed by atoms with E-state index in [4.69, 9.17) is 5.11 Å². The molecule has 1 saturated heterocycles. The minimum Gasteiger partial charge on any atom is -0.478 e. The summed E-state index contributed by atoms with van der Waals surface area (Å²) >= 11 is 3.27. The van der Waals surface area contributed by atoms with Gasteiger partial charge in [-0.3, -0.25) is 4.21 Å². The summed E-state index contributed by atoms with van der Waals surface area (Å²) in [6.07, 6.45) is 0. The molecule has 0 aromatic heterocycles. The first kappa shape index (κ1) is 12.6. The van der Waals surface area contributed by atoms with E-state index in [1.54, 1.807) is 12.1 Å². The first-order valence-electron chi connectivity index (χ1n) is 5.20. The highest BCUT2D eigenvalue weighted by Crippen LogP contribution is 2.25. The Kier molecular flexibility index (Phi) is 3.83. The topological polar surface area (TPSA) is 57.6 Å². The molecule has 1 aliphatic rings. The first-order valence-corrected chi connectivity index (χ1v) is 7.49. The SMILES string of the molecule is O=C(O)c1cc(Br)ccc1N1CCS(=O)CC1. The Morgan fingerprint density at radius 2 is 2.00 bits per heavy atom. The largest absolute Gasteiger partial charge is 0.478 e. The number of hydrogen-bond donors (Lipinski definition) is 1. The van der Waals surface area contributed by atoms with E-state index >= 15 is 0 Å². The molecular weight excluding hydrogens is 306 g/mol. The molecule has 1 heterocycles. The van der Waals surface area contributed by atoms with Crippen molar-refractivity contribution in [3.05, 3.63) is 28.2 Å². The maximum Gasteiger partial charge on any atom is 0.337 e. The Morgan fingerprint density at radius 3 is 2.59 bits per heavy atom. The molecule has 92 valence electrons. The van der Waals surface area contributed by atoms with Crippen LogP contribution in [-0.4, -0.2) is 39.9 Å². The normalized spacial score (nSPS) is 17.1. The Labute approximate surface area is 110 Å². The number of carboxylic acid groups (broad SMARTS) is 1. The standard InChI is InChI=1S/C11H12BrNO3S/c12-8-1-2-10(9(7-8)11(14)15)13-3-5-17(16)6-4-13/h1-2,7H,3-6H2,(H,14,15). The summed E-state index contributed by atoms with van der Waals surface area (Å²) in [4.78, 5) is 13.2. The lowest BCUT2D eigenvalue weighted by Gasteiger charge is -2.29. The van der Waals surface area contributed by atoms with E-state index in [1.807, 2.05) is 11.0 Å². The van der Waals surface area contributed by atoms with Crippen LogP contribution in [0.5, 0.6) is 0 Å². The quantitative estimate of drug-likeness (QED) is 0.902. The number of anilines is 1. The van der Waals surface area contributed by atoms with Gasteiger partial charge in [-0.15, -0.1) is 0 Å². The second-order valence-corrected chi connectivity index (χ2v) is 6.41. The Bertz CT molecular complexity index is 468. The van der Waals surface area contributed by atoms with Crippen LogP contribution in [0.25, 0.3) is 0 Å². The molecule has 0 saturated carbocycles. The van der Waals surface area contributed by atoms with Gasteiger partial charge in [-0.1, -0.05) is 15.9 Å². The second kappa shape index (κ2) is 5.18. The van der Waals surface area contributed by atoms with Crippen molar-refractivity contribution in [2.75, 3.05) is 29.5 Å². The molecule has 0 unspecified atom stereocenters. The van der Waals surface area contributed by atoms with Gasteiger partial charge in [-0.2, -0.15) is 0 Å². The number of halogens is 1. The van der Waals surface area contributed by atoms with Gasteiger partial charge < -0.3 is 10.0 Å². The summed E-state index contributed by atoms with van der Waals surface area (Å²) < 4.78 is 12.0. The third-order valence-electron chi connectivity index (χ3n) is 2.71. The lowest BCUT2D eigenvalue weighted by molar-refractivity contribution is 0.0697. The van der Waals surface area contributed by atoms with E-state index in [1.165, 1.54) is 0 Å². The van der Waals surface area contributed by atoms with E-state index in [9.17, 15) is 9.00 Å². The maximum absolute atomic E-state index is 11.3. The molecule has 0 bridgehead atoms. The van der Waals surface area contributed by atoms with Gasteiger partial charge in [0.2, 0.25) is 0 Å². The molecule has 0 radical (unpaired) electrons. The van der Waals surface area contributed by atoms with E-state index < -0.39 is 16.8 Å². The van der Waals surface area contributed by atoms with Gasteiger partial charge in [-0.25, -0.2) is 4.79 Å². The van der Waals surface area contributed by atoms with Crippen molar-refractivity contribution in [1.82, 2.24) is 0 Å². The van der Waals surface area contributed by atoms with Crippen LogP contribution in [0.1, 0.15) is 10.4 Å². The van der Waals surface area contributed by atoms with E-state index in [0.29, 0.717) is 30.3 Å². The number of rotatable bonds is 2. The van der Waals surface area contributed by atoms with Crippen LogP contribution in [0.4, 0.5) is 5.69 Å². The van der Waals surface area contributed by atoms with E-state index in [-0.39, 0.29) is 5.56 Å². The highest BCUT2D eigenvalue weighted by molar-refractivity contribution is 9.10. The Hall–Kier alpha value is -0.880. The summed E-state index contributed by atoms with van der Waals surface area (Å²) in [6.45, 7) is 1.29. The fraction of sp³-hybridized carbons (Fsp3) is 0.364. The van der Waals surface area contributed by atoms with Crippen LogP contribution in [-0.2, 0) is 10.8 Å². The van der Waals surface area contributed by atoms with Crippen LogP contribution in [0, 0.1) is 0 Å². The smallest absolute Gasteiger partial charge is 0.337 e. The zero-order valence-electron chi connectivity index (χ0n) is 9.06. The molecule has 1 N–H and O–H groups in total. The van der Waals surface area contributed by atoms with E-state index in [2.05, 4.69) is 15.9 Å².